The molecule has 0 fully saturated rings. The Labute approximate surface area is 127 Å². The first kappa shape index (κ1) is 15.6. The summed E-state index contributed by atoms with van der Waals surface area (Å²) in [6.07, 6.45) is 1.81. The summed E-state index contributed by atoms with van der Waals surface area (Å²) in [5.74, 6) is 0.887. The third-order valence-electron chi connectivity index (χ3n) is 3.96. The molecule has 112 valence electrons. The highest BCUT2D eigenvalue weighted by atomic mass is 16.5. The molecule has 0 heterocycles. The summed E-state index contributed by atoms with van der Waals surface area (Å²) in [6, 6.07) is 12.8. The minimum Gasteiger partial charge on any atom is -0.497 e. The monoisotopic (exact) mass is 283 g/mol. The van der Waals surface area contributed by atoms with Gasteiger partial charge in [0, 0.05) is 6.04 Å². The fourth-order valence-corrected chi connectivity index (χ4v) is 2.93. The lowest BCUT2D eigenvalue weighted by Gasteiger charge is -2.17. The smallest absolute Gasteiger partial charge is 0.118 e. The molecule has 2 rings (SSSR count). The van der Waals surface area contributed by atoms with E-state index in [4.69, 9.17) is 10.5 Å². The second-order valence-electron chi connectivity index (χ2n) is 5.89. The van der Waals surface area contributed by atoms with E-state index in [9.17, 15) is 0 Å². The van der Waals surface area contributed by atoms with Crippen LogP contribution in [0.1, 0.15) is 27.8 Å². The highest BCUT2D eigenvalue weighted by Gasteiger charge is 2.10. The minimum absolute atomic E-state index is 0.138. The summed E-state index contributed by atoms with van der Waals surface area (Å²) in [6.45, 7) is 6.49. The normalized spacial score (nSPS) is 12.2. The van der Waals surface area contributed by atoms with Crippen LogP contribution in [0.5, 0.6) is 5.75 Å². The van der Waals surface area contributed by atoms with Gasteiger partial charge in [-0.3, -0.25) is 0 Å². The van der Waals surface area contributed by atoms with Gasteiger partial charge in [-0.2, -0.15) is 0 Å². The van der Waals surface area contributed by atoms with Crippen LogP contribution in [0.2, 0.25) is 0 Å². The van der Waals surface area contributed by atoms with Crippen LogP contribution in [0.25, 0.3) is 0 Å². The summed E-state index contributed by atoms with van der Waals surface area (Å²) >= 11 is 0. The van der Waals surface area contributed by atoms with Crippen LogP contribution in [-0.2, 0) is 12.8 Å². The fraction of sp³-hybridized carbons (Fsp3) is 0.368. The number of hydrogen-bond donors (Lipinski definition) is 1. The van der Waals surface area contributed by atoms with Gasteiger partial charge in [0.1, 0.15) is 5.75 Å². The molecule has 1 unspecified atom stereocenters. The largest absolute Gasteiger partial charge is 0.497 e. The van der Waals surface area contributed by atoms with Gasteiger partial charge in [0.15, 0.2) is 0 Å². The Balaban J connectivity index is 2.06. The SMILES string of the molecule is COc1ccc(CC(N)Cc2c(C)cc(C)cc2C)cc1. The Hall–Kier alpha value is -1.80. The first-order chi connectivity index (χ1) is 9.99. The van der Waals surface area contributed by atoms with Gasteiger partial charge in [0.2, 0.25) is 0 Å². The van der Waals surface area contributed by atoms with E-state index in [0.717, 1.165) is 18.6 Å². The van der Waals surface area contributed by atoms with E-state index in [0.29, 0.717) is 0 Å². The van der Waals surface area contributed by atoms with E-state index in [1.165, 1.54) is 27.8 Å². The minimum atomic E-state index is 0.138. The van der Waals surface area contributed by atoms with Crippen molar-refractivity contribution in [1.82, 2.24) is 0 Å². The van der Waals surface area contributed by atoms with Gasteiger partial charge in [-0.25, -0.2) is 0 Å². The van der Waals surface area contributed by atoms with Crippen molar-refractivity contribution < 1.29 is 4.74 Å². The molecule has 0 saturated heterocycles. The van der Waals surface area contributed by atoms with Crippen molar-refractivity contribution in [2.75, 3.05) is 7.11 Å². The Morgan fingerprint density at radius 2 is 1.52 bits per heavy atom. The average molecular weight is 283 g/mol. The van der Waals surface area contributed by atoms with Gasteiger partial charge >= 0.3 is 0 Å². The van der Waals surface area contributed by atoms with E-state index in [2.05, 4.69) is 45.0 Å². The number of rotatable bonds is 5. The van der Waals surface area contributed by atoms with Crippen LogP contribution >= 0.6 is 0 Å². The maximum Gasteiger partial charge on any atom is 0.118 e. The zero-order chi connectivity index (χ0) is 15.4. The molecule has 0 aliphatic heterocycles. The van der Waals surface area contributed by atoms with Crippen molar-refractivity contribution in [2.45, 2.75) is 39.7 Å². The molecule has 2 nitrogen and oxygen atoms in total. The summed E-state index contributed by atoms with van der Waals surface area (Å²) in [4.78, 5) is 0. The standard InChI is InChI=1S/C19H25NO/c1-13-9-14(2)19(15(3)10-13)12-17(20)11-16-5-7-18(21-4)8-6-16/h5-10,17H,11-12,20H2,1-4H3. The predicted octanol–water partition coefficient (Wildman–Crippen LogP) is 3.73. The molecule has 0 aliphatic carbocycles. The molecule has 1 atom stereocenters. The molecule has 2 aromatic carbocycles. The topological polar surface area (TPSA) is 35.2 Å². The molecule has 0 bridgehead atoms. The third-order valence-corrected chi connectivity index (χ3v) is 3.96. The van der Waals surface area contributed by atoms with Crippen LogP contribution in [0.3, 0.4) is 0 Å². The van der Waals surface area contributed by atoms with Crippen molar-refractivity contribution in [2.24, 2.45) is 5.73 Å². The number of nitrogens with two attached hydrogens (primary N) is 1. The molecule has 0 aliphatic rings. The molecule has 2 N–H and O–H groups in total. The molecule has 21 heavy (non-hydrogen) atoms. The number of hydrogen-bond acceptors (Lipinski definition) is 2. The number of ether oxygens (including phenoxy) is 1. The highest BCUT2D eigenvalue weighted by Crippen LogP contribution is 2.19. The Morgan fingerprint density at radius 3 is 2.05 bits per heavy atom. The summed E-state index contributed by atoms with van der Waals surface area (Å²) in [5.41, 5.74) is 13.0. The summed E-state index contributed by atoms with van der Waals surface area (Å²) in [7, 11) is 1.68. The van der Waals surface area contributed by atoms with Crippen LogP contribution in [0.4, 0.5) is 0 Å². The molecule has 2 heteroatoms. The lowest BCUT2D eigenvalue weighted by molar-refractivity contribution is 0.414. The lowest BCUT2D eigenvalue weighted by Crippen LogP contribution is -2.26. The molecular formula is C19H25NO. The second-order valence-corrected chi connectivity index (χ2v) is 5.89. The molecule has 0 saturated carbocycles. The van der Waals surface area contributed by atoms with Gasteiger partial charge in [-0.1, -0.05) is 29.8 Å². The third kappa shape index (κ3) is 4.08. The van der Waals surface area contributed by atoms with Crippen LogP contribution < -0.4 is 10.5 Å². The first-order valence-electron chi connectivity index (χ1n) is 7.45. The van der Waals surface area contributed by atoms with Crippen LogP contribution in [0.15, 0.2) is 36.4 Å². The predicted molar refractivity (Wildman–Crippen MR) is 89.0 cm³/mol. The van der Waals surface area contributed by atoms with Gasteiger partial charge < -0.3 is 10.5 Å². The summed E-state index contributed by atoms with van der Waals surface area (Å²) < 4.78 is 5.18. The summed E-state index contributed by atoms with van der Waals surface area (Å²) in [5, 5.41) is 0. The van der Waals surface area contributed by atoms with E-state index in [-0.39, 0.29) is 6.04 Å². The molecular weight excluding hydrogens is 258 g/mol. The van der Waals surface area contributed by atoms with Crippen molar-refractivity contribution in [3.8, 4) is 5.75 Å². The molecule has 2 aromatic rings. The zero-order valence-electron chi connectivity index (χ0n) is 13.4. The van der Waals surface area contributed by atoms with E-state index < -0.39 is 0 Å². The van der Waals surface area contributed by atoms with Crippen molar-refractivity contribution in [3.05, 3.63) is 64.2 Å². The van der Waals surface area contributed by atoms with Crippen molar-refractivity contribution >= 4 is 0 Å². The highest BCUT2D eigenvalue weighted by molar-refractivity contribution is 5.38. The van der Waals surface area contributed by atoms with Gasteiger partial charge in [-0.05, 0) is 68.0 Å². The van der Waals surface area contributed by atoms with Crippen LogP contribution in [0, 0.1) is 20.8 Å². The van der Waals surface area contributed by atoms with Crippen molar-refractivity contribution in [3.63, 3.8) is 0 Å². The maximum absolute atomic E-state index is 6.35. The first-order valence-corrected chi connectivity index (χ1v) is 7.45. The molecule has 0 radical (unpaired) electrons. The number of methoxy groups -OCH3 is 1. The zero-order valence-corrected chi connectivity index (χ0v) is 13.4. The number of benzene rings is 2. The Morgan fingerprint density at radius 1 is 0.952 bits per heavy atom. The molecule has 0 spiro atoms. The van der Waals surface area contributed by atoms with Crippen molar-refractivity contribution in [1.29, 1.82) is 0 Å². The Bertz CT molecular complexity index is 578. The quantitative estimate of drug-likeness (QED) is 0.907. The Kier molecular flexibility index (Phi) is 5.03. The molecule has 0 aromatic heterocycles. The fourth-order valence-electron chi connectivity index (χ4n) is 2.93. The van der Waals surface area contributed by atoms with Gasteiger partial charge in [0.05, 0.1) is 7.11 Å². The maximum atomic E-state index is 6.35. The second kappa shape index (κ2) is 6.77. The van der Waals surface area contributed by atoms with E-state index >= 15 is 0 Å². The van der Waals surface area contributed by atoms with E-state index in [1.54, 1.807) is 7.11 Å². The lowest BCUT2D eigenvalue weighted by atomic mass is 9.92. The molecule has 0 amide bonds. The van der Waals surface area contributed by atoms with Gasteiger partial charge in [-0.15, -0.1) is 0 Å². The van der Waals surface area contributed by atoms with Gasteiger partial charge in [0.25, 0.3) is 0 Å². The van der Waals surface area contributed by atoms with E-state index in [1.807, 2.05) is 12.1 Å². The average Bonchev–Trinajstić information content (AvgIpc) is 2.43. The number of aryl methyl sites for hydroxylation is 3. The van der Waals surface area contributed by atoms with Crippen LogP contribution in [-0.4, -0.2) is 13.2 Å².